The highest BCUT2D eigenvalue weighted by atomic mass is 35.5. The van der Waals surface area contributed by atoms with E-state index in [2.05, 4.69) is 13.0 Å². The molecule has 2 aromatic carbocycles. The van der Waals surface area contributed by atoms with Gasteiger partial charge in [-0.25, -0.2) is 0 Å². The minimum Gasteiger partial charge on any atom is -0.496 e. The second-order valence-electron chi connectivity index (χ2n) is 4.27. The number of benzene rings is 2. The molecule has 0 radical (unpaired) electrons. The van der Waals surface area contributed by atoms with Gasteiger partial charge in [-0.15, -0.1) is 11.6 Å². The van der Waals surface area contributed by atoms with E-state index < -0.39 is 0 Å². The molecule has 0 fully saturated rings. The molecule has 0 heterocycles. The van der Waals surface area contributed by atoms with E-state index in [1.54, 1.807) is 7.11 Å². The van der Waals surface area contributed by atoms with E-state index in [1.165, 1.54) is 5.56 Å². The summed E-state index contributed by atoms with van der Waals surface area (Å²) in [5.74, 6) is 2.20. The number of methoxy groups -OCH3 is 1. The van der Waals surface area contributed by atoms with Gasteiger partial charge in [-0.2, -0.15) is 0 Å². The predicted molar refractivity (Wildman–Crippen MR) is 79.4 cm³/mol. The highest BCUT2D eigenvalue weighted by molar-refractivity contribution is 6.18. The van der Waals surface area contributed by atoms with E-state index in [4.69, 9.17) is 21.1 Å². The second kappa shape index (κ2) is 6.48. The zero-order valence-electron chi connectivity index (χ0n) is 11.2. The van der Waals surface area contributed by atoms with E-state index in [1.807, 2.05) is 36.4 Å². The number of hydrogen-bond donors (Lipinski definition) is 0. The van der Waals surface area contributed by atoms with Crippen LogP contribution in [-0.2, 0) is 0 Å². The lowest BCUT2D eigenvalue weighted by atomic mass is 10.0. The minimum atomic E-state index is 0.494. The maximum Gasteiger partial charge on any atom is 0.126 e. The summed E-state index contributed by atoms with van der Waals surface area (Å²) < 4.78 is 10.9. The summed E-state index contributed by atoms with van der Waals surface area (Å²) >= 11 is 5.59. The Labute approximate surface area is 118 Å². The number of halogens is 1. The largest absolute Gasteiger partial charge is 0.496 e. The van der Waals surface area contributed by atoms with Gasteiger partial charge in [-0.05, 0) is 36.8 Å². The van der Waals surface area contributed by atoms with Crippen molar-refractivity contribution in [3.8, 4) is 22.6 Å². The molecule has 0 atom stereocenters. The summed E-state index contributed by atoms with van der Waals surface area (Å²) in [5, 5.41) is 0. The fourth-order valence-electron chi connectivity index (χ4n) is 1.93. The third kappa shape index (κ3) is 3.42. The first-order valence-corrected chi connectivity index (χ1v) is 6.72. The number of hydrogen-bond acceptors (Lipinski definition) is 2. The molecule has 0 aromatic heterocycles. The molecule has 3 heteroatoms. The van der Waals surface area contributed by atoms with Crippen LogP contribution in [0.3, 0.4) is 0 Å². The van der Waals surface area contributed by atoms with Crippen LogP contribution in [-0.4, -0.2) is 19.6 Å². The Morgan fingerprint density at radius 1 is 1.05 bits per heavy atom. The van der Waals surface area contributed by atoms with Crippen LogP contribution in [0.5, 0.6) is 11.5 Å². The third-order valence-corrected chi connectivity index (χ3v) is 3.02. The molecule has 0 saturated carbocycles. The lowest BCUT2D eigenvalue weighted by Gasteiger charge is -2.10. The van der Waals surface area contributed by atoms with Crippen LogP contribution in [0.15, 0.2) is 42.5 Å². The molecular weight excluding hydrogens is 260 g/mol. The van der Waals surface area contributed by atoms with Crippen LogP contribution in [0.25, 0.3) is 11.1 Å². The van der Waals surface area contributed by atoms with Gasteiger partial charge < -0.3 is 9.47 Å². The minimum absolute atomic E-state index is 0.494. The molecule has 2 rings (SSSR count). The molecule has 19 heavy (non-hydrogen) atoms. The molecule has 2 nitrogen and oxygen atoms in total. The molecule has 100 valence electrons. The quantitative estimate of drug-likeness (QED) is 0.759. The van der Waals surface area contributed by atoms with Gasteiger partial charge in [0.15, 0.2) is 0 Å². The van der Waals surface area contributed by atoms with Gasteiger partial charge in [0, 0.05) is 5.56 Å². The highest BCUT2D eigenvalue weighted by Gasteiger charge is 2.06. The molecule has 0 bridgehead atoms. The van der Waals surface area contributed by atoms with Crippen LogP contribution >= 0.6 is 11.6 Å². The second-order valence-corrected chi connectivity index (χ2v) is 4.64. The summed E-state index contributed by atoms with van der Waals surface area (Å²) in [5.41, 5.74) is 3.41. The summed E-state index contributed by atoms with van der Waals surface area (Å²) in [6.45, 7) is 2.59. The zero-order valence-corrected chi connectivity index (χ0v) is 11.9. The van der Waals surface area contributed by atoms with Crippen molar-refractivity contribution in [3.63, 3.8) is 0 Å². The molecule has 2 aromatic rings. The van der Waals surface area contributed by atoms with Gasteiger partial charge in [-0.3, -0.25) is 0 Å². The van der Waals surface area contributed by atoms with Crippen molar-refractivity contribution < 1.29 is 9.47 Å². The predicted octanol–water partition coefficient (Wildman–Crippen LogP) is 4.29. The van der Waals surface area contributed by atoms with Crippen LogP contribution in [0.1, 0.15) is 5.56 Å². The van der Waals surface area contributed by atoms with Crippen molar-refractivity contribution in [1.29, 1.82) is 0 Å². The third-order valence-electron chi connectivity index (χ3n) is 2.87. The topological polar surface area (TPSA) is 18.5 Å². The highest BCUT2D eigenvalue weighted by Crippen LogP contribution is 2.31. The van der Waals surface area contributed by atoms with Crippen LogP contribution < -0.4 is 9.47 Å². The monoisotopic (exact) mass is 276 g/mol. The van der Waals surface area contributed by atoms with E-state index in [0.29, 0.717) is 12.5 Å². The molecule has 0 aliphatic heterocycles. The van der Waals surface area contributed by atoms with Gasteiger partial charge >= 0.3 is 0 Å². The molecule has 0 saturated heterocycles. The van der Waals surface area contributed by atoms with E-state index in [-0.39, 0.29) is 0 Å². The average molecular weight is 277 g/mol. The SMILES string of the molecule is COc1ccc(C)cc1-c1ccc(OCCCl)cc1. The molecule has 0 amide bonds. The Morgan fingerprint density at radius 2 is 1.79 bits per heavy atom. The smallest absolute Gasteiger partial charge is 0.126 e. The van der Waals surface area contributed by atoms with Gasteiger partial charge in [-0.1, -0.05) is 23.8 Å². The van der Waals surface area contributed by atoms with Crippen molar-refractivity contribution >= 4 is 11.6 Å². The molecule has 0 spiro atoms. The fraction of sp³-hybridized carbons (Fsp3) is 0.250. The van der Waals surface area contributed by atoms with Gasteiger partial charge in [0.2, 0.25) is 0 Å². The van der Waals surface area contributed by atoms with Crippen molar-refractivity contribution in [2.75, 3.05) is 19.6 Å². The molecule has 0 aliphatic rings. The Kier molecular flexibility index (Phi) is 4.69. The maximum absolute atomic E-state index is 5.59. The molecular formula is C16H17ClO2. The van der Waals surface area contributed by atoms with Crippen LogP contribution in [0, 0.1) is 6.92 Å². The van der Waals surface area contributed by atoms with Crippen molar-refractivity contribution in [3.05, 3.63) is 48.0 Å². The molecule has 0 unspecified atom stereocenters. The summed E-state index contributed by atoms with van der Waals surface area (Å²) in [4.78, 5) is 0. The van der Waals surface area contributed by atoms with Gasteiger partial charge in [0.1, 0.15) is 18.1 Å². The van der Waals surface area contributed by atoms with E-state index >= 15 is 0 Å². The summed E-state index contributed by atoms with van der Waals surface area (Å²) in [6, 6.07) is 14.1. The average Bonchev–Trinajstić information content (AvgIpc) is 2.45. The van der Waals surface area contributed by atoms with Crippen LogP contribution in [0.4, 0.5) is 0 Å². The standard InChI is InChI=1S/C16H17ClO2/c1-12-3-8-16(18-2)15(11-12)13-4-6-14(7-5-13)19-10-9-17/h3-8,11H,9-10H2,1-2H3. The Balaban J connectivity index is 2.29. The van der Waals surface area contributed by atoms with Crippen molar-refractivity contribution in [2.45, 2.75) is 6.92 Å². The maximum atomic E-state index is 5.59. The number of ether oxygens (including phenoxy) is 2. The lowest BCUT2D eigenvalue weighted by Crippen LogP contribution is -1.97. The van der Waals surface area contributed by atoms with Crippen molar-refractivity contribution in [2.24, 2.45) is 0 Å². The first-order valence-electron chi connectivity index (χ1n) is 6.18. The fourth-order valence-corrected chi connectivity index (χ4v) is 2.01. The zero-order chi connectivity index (χ0) is 13.7. The normalized spacial score (nSPS) is 10.3. The summed E-state index contributed by atoms with van der Waals surface area (Å²) in [6.07, 6.45) is 0. The Bertz CT molecular complexity index is 535. The Hall–Kier alpha value is -1.67. The van der Waals surface area contributed by atoms with E-state index in [0.717, 1.165) is 22.6 Å². The van der Waals surface area contributed by atoms with Gasteiger partial charge in [0.25, 0.3) is 0 Å². The number of alkyl halides is 1. The van der Waals surface area contributed by atoms with E-state index in [9.17, 15) is 0 Å². The number of rotatable bonds is 5. The van der Waals surface area contributed by atoms with Crippen molar-refractivity contribution in [1.82, 2.24) is 0 Å². The van der Waals surface area contributed by atoms with Gasteiger partial charge in [0.05, 0.1) is 13.0 Å². The first kappa shape index (κ1) is 13.8. The Morgan fingerprint density at radius 3 is 2.42 bits per heavy atom. The first-order chi connectivity index (χ1) is 9.24. The van der Waals surface area contributed by atoms with Crippen LogP contribution in [0.2, 0.25) is 0 Å². The lowest BCUT2D eigenvalue weighted by molar-refractivity contribution is 0.343. The molecule has 0 N–H and O–H groups in total. The number of aryl methyl sites for hydroxylation is 1. The molecule has 0 aliphatic carbocycles. The summed E-state index contributed by atoms with van der Waals surface area (Å²) in [7, 11) is 1.69.